The minimum atomic E-state index is -3.93. The number of halogens is 1. The van der Waals surface area contributed by atoms with Gasteiger partial charge in [-0.05, 0) is 31.2 Å². The maximum absolute atomic E-state index is 12.0. The second-order valence-corrected chi connectivity index (χ2v) is 7.30. The van der Waals surface area contributed by atoms with E-state index in [2.05, 4.69) is 4.72 Å². The topological polar surface area (TPSA) is 96.6 Å². The highest BCUT2D eigenvalue weighted by atomic mass is 35.5. The molecule has 0 aromatic carbocycles. The Bertz CT molecular complexity index is 734. The predicted octanol–water partition coefficient (Wildman–Crippen LogP) is 2.73. The molecular formula is C11H10ClNO5S2. The van der Waals surface area contributed by atoms with Crippen LogP contribution in [0.25, 0.3) is 0 Å². The van der Waals surface area contributed by atoms with E-state index in [1.807, 2.05) is 0 Å². The van der Waals surface area contributed by atoms with Crippen LogP contribution in [0.4, 0.5) is 0 Å². The maximum Gasteiger partial charge on any atom is 0.371 e. The molecule has 0 amide bonds. The molecule has 0 saturated carbocycles. The van der Waals surface area contributed by atoms with Gasteiger partial charge in [-0.1, -0.05) is 11.6 Å². The van der Waals surface area contributed by atoms with Gasteiger partial charge in [-0.25, -0.2) is 17.9 Å². The highest BCUT2D eigenvalue weighted by Gasteiger charge is 2.24. The largest absolute Gasteiger partial charge is 0.475 e. The summed E-state index contributed by atoms with van der Waals surface area (Å²) in [5.41, 5.74) is 0. The summed E-state index contributed by atoms with van der Waals surface area (Å²) in [7, 11) is -3.93. The average molecular weight is 336 g/mol. The Kier molecular flexibility index (Phi) is 4.19. The van der Waals surface area contributed by atoms with Crippen LogP contribution < -0.4 is 4.72 Å². The zero-order valence-corrected chi connectivity index (χ0v) is 12.6. The van der Waals surface area contributed by atoms with Gasteiger partial charge in [-0.3, -0.25) is 0 Å². The standard InChI is InChI=1S/C11H10ClNO5S2/c1-6(8-3-4-9(12)19-8)13-20(16,17)10-5-2-7(18-10)11(14)15/h2-6,13H,1H3,(H,14,15). The van der Waals surface area contributed by atoms with Crippen LogP contribution in [-0.2, 0) is 10.0 Å². The minimum Gasteiger partial charge on any atom is -0.475 e. The fourth-order valence-corrected chi connectivity index (χ4v) is 3.78. The average Bonchev–Trinajstić information content (AvgIpc) is 2.96. The third-order valence-electron chi connectivity index (χ3n) is 2.41. The Morgan fingerprint density at radius 1 is 1.40 bits per heavy atom. The first-order valence-electron chi connectivity index (χ1n) is 5.40. The summed E-state index contributed by atoms with van der Waals surface area (Å²) < 4.78 is 31.8. The van der Waals surface area contributed by atoms with Crippen molar-refractivity contribution in [1.29, 1.82) is 0 Å². The van der Waals surface area contributed by atoms with Crippen LogP contribution in [-0.4, -0.2) is 19.5 Å². The lowest BCUT2D eigenvalue weighted by Gasteiger charge is -2.10. The van der Waals surface area contributed by atoms with Crippen molar-refractivity contribution in [3.63, 3.8) is 0 Å². The molecule has 0 aliphatic rings. The third-order valence-corrected chi connectivity index (χ3v) is 5.24. The molecule has 0 bridgehead atoms. The van der Waals surface area contributed by atoms with Crippen molar-refractivity contribution in [2.45, 2.75) is 18.1 Å². The normalized spacial score (nSPS) is 13.3. The van der Waals surface area contributed by atoms with Gasteiger partial charge in [0, 0.05) is 4.88 Å². The highest BCUT2D eigenvalue weighted by molar-refractivity contribution is 7.89. The van der Waals surface area contributed by atoms with E-state index in [9.17, 15) is 13.2 Å². The van der Waals surface area contributed by atoms with Gasteiger partial charge in [0.15, 0.2) is 0 Å². The second-order valence-electron chi connectivity index (χ2n) is 3.91. The maximum atomic E-state index is 12.0. The number of carbonyl (C=O) groups is 1. The van der Waals surface area contributed by atoms with E-state index in [0.29, 0.717) is 4.34 Å². The van der Waals surface area contributed by atoms with Crippen molar-refractivity contribution in [3.05, 3.63) is 39.2 Å². The van der Waals surface area contributed by atoms with Gasteiger partial charge in [-0.2, -0.15) is 0 Å². The molecule has 2 heterocycles. The van der Waals surface area contributed by atoms with Crippen molar-refractivity contribution >= 4 is 38.9 Å². The first-order chi connectivity index (χ1) is 9.29. The molecule has 0 radical (unpaired) electrons. The lowest BCUT2D eigenvalue weighted by molar-refractivity contribution is 0.0656. The van der Waals surface area contributed by atoms with Crippen LogP contribution in [0.5, 0.6) is 0 Å². The summed E-state index contributed by atoms with van der Waals surface area (Å²) in [6.07, 6.45) is 0. The van der Waals surface area contributed by atoms with Crippen molar-refractivity contribution in [1.82, 2.24) is 4.72 Å². The second kappa shape index (κ2) is 5.57. The number of sulfonamides is 1. The smallest absolute Gasteiger partial charge is 0.371 e. The number of aromatic carboxylic acids is 1. The predicted molar refractivity (Wildman–Crippen MR) is 73.7 cm³/mol. The Balaban J connectivity index is 2.20. The molecule has 0 aliphatic carbocycles. The zero-order valence-electron chi connectivity index (χ0n) is 10.2. The van der Waals surface area contributed by atoms with Crippen LogP contribution in [0.15, 0.2) is 33.8 Å². The molecule has 2 rings (SSSR count). The van der Waals surface area contributed by atoms with E-state index in [1.165, 1.54) is 11.3 Å². The van der Waals surface area contributed by atoms with Crippen LogP contribution in [0.2, 0.25) is 4.34 Å². The molecule has 6 nitrogen and oxygen atoms in total. The first-order valence-corrected chi connectivity index (χ1v) is 8.08. The number of furan rings is 1. The SMILES string of the molecule is CC(NS(=O)(=O)c1ccc(C(=O)O)o1)c1ccc(Cl)s1. The fraction of sp³-hybridized carbons (Fsp3) is 0.182. The van der Waals surface area contributed by atoms with Gasteiger partial charge >= 0.3 is 5.97 Å². The molecule has 2 aromatic rings. The van der Waals surface area contributed by atoms with E-state index >= 15 is 0 Å². The fourth-order valence-electron chi connectivity index (χ4n) is 1.49. The summed E-state index contributed by atoms with van der Waals surface area (Å²) in [6.45, 7) is 1.65. The van der Waals surface area contributed by atoms with Gasteiger partial charge in [-0.15, -0.1) is 11.3 Å². The number of rotatable bonds is 5. The lowest BCUT2D eigenvalue weighted by atomic mass is 10.3. The Morgan fingerprint density at radius 2 is 2.10 bits per heavy atom. The number of hydrogen-bond acceptors (Lipinski definition) is 5. The molecule has 108 valence electrons. The van der Waals surface area contributed by atoms with Crippen molar-refractivity contribution < 1.29 is 22.7 Å². The minimum absolute atomic E-state index is 0.433. The number of carboxylic acid groups (broad SMARTS) is 1. The van der Waals surface area contributed by atoms with Crippen molar-refractivity contribution in [2.75, 3.05) is 0 Å². The first kappa shape index (κ1) is 15.0. The van der Waals surface area contributed by atoms with Crippen LogP contribution in [0, 0.1) is 0 Å². The number of hydrogen-bond donors (Lipinski definition) is 2. The van der Waals surface area contributed by atoms with E-state index in [-0.39, 0.29) is 0 Å². The Hall–Kier alpha value is -1.35. The number of carboxylic acids is 1. The van der Waals surface area contributed by atoms with E-state index in [0.717, 1.165) is 17.0 Å². The summed E-state index contributed by atoms with van der Waals surface area (Å²) in [4.78, 5) is 11.4. The molecule has 1 atom stereocenters. The molecule has 20 heavy (non-hydrogen) atoms. The molecule has 0 saturated heterocycles. The molecule has 0 spiro atoms. The quantitative estimate of drug-likeness (QED) is 0.875. The lowest BCUT2D eigenvalue weighted by Crippen LogP contribution is -2.26. The Labute approximate surface area is 124 Å². The van der Waals surface area contributed by atoms with Crippen LogP contribution in [0.1, 0.15) is 28.4 Å². The van der Waals surface area contributed by atoms with Gasteiger partial charge in [0.1, 0.15) is 0 Å². The monoisotopic (exact) mass is 335 g/mol. The zero-order chi connectivity index (χ0) is 14.9. The summed E-state index contributed by atoms with van der Waals surface area (Å²) >= 11 is 7.04. The summed E-state index contributed by atoms with van der Waals surface area (Å²) in [5.74, 6) is -1.76. The summed E-state index contributed by atoms with van der Waals surface area (Å²) in [6, 6.07) is 5.06. The van der Waals surface area contributed by atoms with Crippen molar-refractivity contribution in [3.8, 4) is 0 Å². The summed E-state index contributed by atoms with van der Waals surface area (Å²) in [5, 5.41) is 8.26. The molecule has 9 heteroatoms. The van der Waals surface area contributed by atoms with E-state index in [4.69, 9.17) is 21.1 Å². The van der Waals surface area contributed by atoms with E-state index < -0.39 is 32.9 Å². The third kappa shape index (κ3) is 3.21. The van der Waals surface area contributed by atoms with Crippen molar-refractivity contribution in [2.24, 2.45) is 0 Å². The van der Waals surface area contributed by atoms with Crippen LogP contribution in [0.3, 0.4) is 0 Å². The van der Waals surface area contributed by atoms with Crippen LogP contribution >= 0.6 is 22.9 Å². The van der Waals surface area contributed by atoms with Gasteiger partial charge < -0.3 is 9.52 Å². The molecule has 0 aliphatic heterocycles. The van der Waals surface area contributed by atoms with Gasteiger partial charge in [0.2, 0.25) is 10.9 Å². The molecule has 2 aromatic heterocycles. The highest BCUT2D eigenvalue weighted by Crippen LogP contribution is 2.28. The number of nitrogens with one attached hydrogen (secondary N) is 1. The number of thiophene rings is 1. The van der Waals surface area contributed by atoms with E-state index in [1.54, 1.807) is 19.1 Å². The molecule has 2 N–H and O–H groups in total. The van der Waals surface area contributed by atoms with Gasteiger partial charge in [0.05, 0.1) is 10.4 Å². The Morgan fingerprint density at radius 3 is 2.60 bits per heavy atom. The van der Waals surface area contributed by atoms with Gasteiger partial charge in [0.25, 0.3) is 10.0 Å². The molecule has 0 fully saturated rings. The molecule has 1 unspecified atom stereocenters. The molecular weight excluding hydrogens is 326 g/mol.